The van der Waals surface area contributed by atoms with Crippen molar-refractivity contribution in [2.45, 2.75) is 13.1 Å². The van der Waals surface area contributed by atoms with Gasteiger partial charge in [0.15, 0.2) is 16.5 Å². The van der Waals surface area contributed by atoms with Gasteiger partial charge >= 0.3 is 6.18 Å². The summed E-state index contributed by atoms with van der Waals surface area (Å²) < 4.78 is 37.3. The van der Waals surface area contributed by atoms with Gasteiger partial charge in [0.25, 0.3) is 0 Å². The van der Waals surface area contributed by atoms with Crippen LogP contribution in [0.3, 0.4) is 0 Å². The van der Waals surface area contributed by atoms with Crippen LogP contribution < -0.4 is 0 Å². The highest BCUT2D eigenvalue weighted by Crippen LogP contribution is 2.36. The molecule has 15 heavy (non-hydrogen) atoms. The van der Waals surface area contributed by atoms with Crippen LogP contribution in [0.1, 0.15) is 10.6 Å². The zero-order chi connectivity index (χ0) is 11.1. The van der Waals surface area contributed by atoms with Crippen LogP contribution in [0.15, 0.2) is 12.4 Å². The van der Waals surface area contributed by atoms with E-state index in [0.29, 0.717) is 5.82 Å². The number of hydrogen-bond donors (Lipinski definition) is 1. The molecule has 0 aromatic carbocycles. The van der Waals surface area contributed by atoms with Crippen LogP contribution in [-0.4, -0.2) is 15.0 Å². The molecule has 2 aromatic rings. The second kappa shape index (κ2) is 3.34. The fraction of sp³-hybridized carbons (Fsp3) is 0.250. The Labute approximate surface area is 87.0 Å². The van der Waals surface area contributed by atoms with E-state index in [9.17, 15) is 13.2 Å². The van der Waals surface area contributed by atoms with Crippen LogP contribution >= 0.6 is 11.3 Å². The van der Waals surface area contributed by atoms with Crippen molar-refractivity contribution in [1.82, 2.24) is 15.0 Å². The molecule has 0 aliphatic rings. The van der Waals surface area contributed by atoms with E-state index < -0.39 is 11.9 Å². The lowest BCUT2D eigenvalue weighted by atomic mass is 10.4. The number of rotatable bonds is 1. The monoisotopic (exact) mass is 233 g/mol. The molecule has 3 nitrogen and oxygen atoms in total. The Morgan fingerprint density at radius 3 is 2.60 bits per heavy atom. The van der Waals surface area contributed by atoms with E-state index >= 15 is 0 Å². The van der Waals surface area contributed by atoms with Crippen molar-refractivity contribution in [3.05, 3.63) is 23.0 Å². The molecule has 2 rings (SSSR count). The summed E-state index contributed by atoms with van der Waals surface area (Å²) in [4.78, 5) is 10.2. The Bertz CT molecular complexity index is 458. The fourth-order valence-electron chi connectivity index (χ4n) is 1.14. The summed E-state index contributed by atoms with van der Waals surface area (Å²) in [6, 6.07) is 0. The molecule has 0 unspecified atom stereocenters. The molecular formula is C8H6F3N3S. The van der Waals surface area contributed by atoms with Crippen LogP contribution in [0.25, 0.3) is 10.8 Å². The first kappa shape index (κ1) is 10.2. The Morgan fingerprint density at radius 2 is 2.13 bits per heavy atom. The molecule has 0 aliphatic heterocycles. The van der Waals surface area contributed by atoms with Gasteiger partial charge in [-0.1, -0.05) is 0 Å². The normalized spacial score (nSPS) is 12.0. The quantitative estimate of drug-likeness (QED) is 0.822. The summed E-state index contributed by atoms with van der Waals surface area (Å²) in [5, 5.41) is 0.254. The maximum absolute atomic E-state index is 12.4. The highest BCUT2D eigenvalue weighted by atomic mass is 32.1. The third-order valence-corrected chi connectivity index (χ3v) is 2.74. The highest BCUT2D eigenvalue weighted by Gasteiger charge is 2.36. The number of aromatic amines is 1. The van der Waals surface area contributed by atoms with Gasteiger partial charge in [-0.15, -0.1) is 11.3 Å². The topological polar surface area (TPSA) is 41.6 Å². The van der Waals surface area contributed by atoms with Crippen LogP contribution in [0.4, 0.5) is 13.2 Å². The van der Waals surface area contributed by atoms with Gasteiger partial charge in [0.05, 0.1) is 0 Å². The molecule has 0 saturated heterocycles. The van der Waals surface area contributed by atoms with E-state index in [1.807, 2.05) is 0 Å². The molecule has 0 bridgehead atoms. The number of H-pyrrole nitrogens is 1. The zero-order valence-electron chi connectivity index (χ0n) is 7.59. The summed E-state index contributed by atoms with van der Waals surface area (Å²) in [7, 11) is 0. The summed E-state index contributed by atoms with van der Waals surface area (Å²) >= 11 is 0.974. The van der Waals surface area contributed by atoms with E-state index in [0.717, 1.165) is 11.3 Å². The molecule has 0 saturated carbocycles. The Hall–Kier alpha value is -1.37. The zero-order valence-corrected chi connectivity index (χ0v) is 8.41. The van der Waals surface area contributed by atoms with Crippen LogP contribution in [0, 0.1) is 6.92 Å². The second-order valence-corrected chi connectivity index (χ2v) is 4.06. The van der Waals surface area contributed by atoms with Gasteiger partial charge in [0.1, 0.15) is 0 Å². The number of halogens is 3. The number of nitrogens with one attached hydrogen (secondary N) is 1. The van der Waals surface area contributed by atoms with Crippen molar-refractivity contribution < 1.29 is 13.2 Å². The van der Waals surface area contributed by atoms with Crippen LogP contribution in [0.2, 0.25) is 0 Å². The minimum absolute atomic E-state index is 0.147. The Morgan fingerprint density at radius 1 is 1.40 bits per heavy atom. The number of aryl methyl sites for hydroxylation is 1. The van der Waals surface area contributed by atoms with Gasteiger partial charge in [0, 0.05) is 17.3 Å². The van der Waals surface area contributed by atoms with Crippen molar-refractivity contribution in [2.24, 2.45) is 0 Å². The van der Waals surface area contributed by atoms with E-state index in [2.05, 4.69) is 15.0 Å². The summed E-state index contributed by atoms with van der Waals surface area (Å²) in [6.45, 7) is 1.40. The van der Waals surface area contributed by atoms with Crippen LogP contribution in [-0.2, 0) is 6.18 Å². The lowest BCUT2D eigenvalue weighted by molar-refractivity contribution is -0.141. The average molecular weight is 233 g/mol. The third-order valence-electron chi connectivity index (χ3n) is 1.77. The number of imidazole rings is 1. The number of nitrogens with zero attached hydrogens (tertiary/aromatic N) is 2. The molecule has 1 N–H and O–H groups in total. The number of hydrogen-bond acceptors (Lipinski definition) is 3. The molecule has 0 fully saturated rings. The Kier molecular flexibility index (Phi) is 2.26. The van der Waals surface area contributed by atoms with Gasteiger partial charge in [-0.05, 0) is 6.92 Å². The van der Waals surface area contributed by atoms with E-state index in [4.69, 9.17) is 0 Å². The predicted octanol–water partition coefficient (Wildman–Crippen LogP) is 2.86. The molecule has 0 aliphatic carbocycles. The lowest BCUT2D eigenvalue weighted by Gasteiger charge is -2.01. The van der Waals surface area contributed by atoms with Crippen molar-refractivity contribution in [3.8, 4) is 10.8 Å². The summed E-state index contributed by atoms with van der Waals surface area (Å²) in [6.07, 6.45) is -1.38. The molecule has 0 spiro atoms. The van der Waals surface area contributed by atoms with Gasteiger partial charge < -0.3 is 4.98 Å². The molecule has 0 radical (unpaired) electrons. The first-order chi connectivity index (χ1) is 6.98. The second-order valence-electron chi connectivity index (χ2n) is 2.86. The fourth-order valence-corrected chi connectivity index (χ4v) is 2.04. The molecular weight excluding hydrogens is 227 g/mol. The van der Waals surface area contributed by atoms with Crippen molar-refractivity contribution in [2.75, 3.05) is 0 Å². The maximum atomic E-state index is 12.4. The molecule has 80 valence electrons. The van der Waals surface area contributed by atoms with Crippen molar-refractivity contribution in [3.63, 3.8) is 0 Å². The standard InChI is InChI=1S/C8H6F3N3S/c1-4-5(8(9,10)11)14-7(15-4)6-12-2-3-13-6/h2-3H,1H3,(H,12,13). The maximum Gasteiger partial charge on any atom is 0.434 e. The highest BCUT2D eigenvalue weighted by molar-refractivity contribution is 7.15. The number of aromatic nitrogens is 3. The largest absolute Gasteiger partial charge is 0.434 e. The first-order valence-electron chi connectivity index (χ1n) is 4.03. The molecule has 0 atom stereocenters. The summed E-state index contributed by atoms with van der Waals surface area (Å²) in [5.74, 6) is 0.360. The van der Waals surface area contributed by atoms with Gasteiger partial charge in [-0.2, -0.15) is 13.2 Å². The minimum atomic E-state index is -4.40. The molecule has 2 heterocycles. The Balaban J connectivity index is 2.47. The van der Waals surface area contributed by atoms with Crippen molar-refractivity contribution in [1.29, 1.82) is 0 Å². The minimum Gasteiger partial charge on any atom is -0.343 e. The average Bonchev–Trinajstić information content (AvgIpc) is 2.68. The van der Waals surface area contributed by atoms with Crippen molar-refractivity contribution >= 4 is 11.3 Å². The van der Waals surface area contributed by atoms with Crippen LogP contribution in [0.5, 0.6) is 0 Å². The first-order valence-corrected chi connectivity index (χ1v) is 4.84. The smallest absolute Gasteiger partial charge is 0.343 e. The number of thiazole rings is 1. The van der Waals surface area contributed by atoms with E-state index in [1.165, 1.54) is 13.1 Å². The van der Waals surface area contributed by atoms with Gasteiger partial charge in [-0.3, -0.25) is 0 Å². The third kappa shape index (κ3) is 1.87. The lowest BCUT2D eigenvalue weighted by Crippen LogP contribution is -2.07. The van der Waals surface area contributed by atoms with Gasteiger partial charge in [-0.25, -0.2) is 9.97 Å². The summed E-state index contributed by atoms with van der Waals surface area (Å²) in [5.41, 5.74) is -0.834. The molecule has 0 amide bonds. The van der Waals surface area contributed by atoms with E-state index in [-0.39, 0.29) is 9.88 Å². The molecule has 7 heteroatoms. The molecule has 2 aromatic heterocycles. The SMILES string of the molecule is Cc1sc(-c2ncc[nH]2)nc1C(F)(F)F. The van der Waals surface area contributed by atoms with Gasteiger partial charge in [0.2, 0.25) is 0 Å². The van der Waals surface area contributed by atoms with E-state index in [1.54, 1.807) is 6.20 Å². The number of alkyl halides is 3. The predicted molar refractivity (Wildman–Crippen MR) is 49.4 cm³/mol.